The molecule has 0 amide bonds. The number of para-hydroxylation sites is 5. The molecule has 0 aliphatic carbocycles. The lowest BCUT2D eigenvalue weighted by Gasteiger charge is -2.33. The smallest absolute Gasteiger partial charge is 0.235 e. The average molecular weight is 652 g/mol. The summed E-state index contributed by atoms with van der Waals surface area (Å²) in [5.41, 5.74) is 13.0. The molecule has 1 aliphatic rings. The molecule has 7 aromatic carbocycles. The van der Waals surface area contributed by atoms with Crippen LogP contribution in [0.3, 0.4) is 0 Å². The van der Waals surface area contributed by atoms with Crippen molar-refractivity contribution in [3.8, 4) is 34.2 Å². The van der Waals surface area contributed by atoms with Crippen LogP contribution in [0.25, 0.3) is 77.8 Å². The number of rotatable bonds is 4. The Labute approximate surface area is 293 Å². The maximum absolute atomic E-state index is 5.28. The Morgan fingerprint density at radius 1 is 0.353 bits per heavy atom. The van der Waals surface area contributed by atoms with E-state index in [-0.39, 0.29) is 0 Å². The van der Waals surface area contributed by atoms with E-state index < -0.39 is 0 Å². The molecule has 0 N–H and O–H groups in total. The molecule has 1 aliphatic heterocycles. The van der Waals surface area contributed by atoms with E-state index in [1.54, 1.807) is 0 Å². The van der Waals surface area contributed by atoms with Gasteiger partial charge < -0.3 is 9.47 Å². The van der Waals surface area contributed by atoms with Gasteiger partial charge in [-0.25, -0.2) is 9.97 Å². The van der Waals surface area contributed by atoms with Gasteiger partial charge in [-0.15, -0.1) is 0 Å². The lowest BCUT2D eigenvalue weighted by Crippen LogP contribution is -2.17. The van der Waals surface area contributed by atoms with Gasteiger partial charge in [0, 0.05) is 38.4 Å². The molecule has 5 heteroatoms. The summed E-state index contributed by atoms with van der Waals surface area (Å²) in [4.78, 5) is 12.9. The zero-order chi connectivity index (χ0) is 33.5. The fourth-order valence-electron chi connectivity index (χ4n) is 8.03. The minimum absolute atomic E-state index is 0.645. The zero-order valence-corrected chi connectivity index (χ0v) is 27.5. The van der Waals surface area contributed by atoms with E-state index in [9.17, 15) is 0 Å². The first-order valence-corrected chi connectivity index (χ1v) is 17.3. The largest absolute Gasteiger partial charge is 0.306 e. The van der Waals surface area contributed by atoms with E-state index >= 15 is 0 Å². The third-order valence-electron chi connectivity index (χ3n) is 10.2. The Morgan fingerprint density at radius 3 is 1.63 bits per heavy atom. The van der Waals surface area contributed by atoms with Gasteiger partial charge in [0.1, 0.15) is 0 Å². The molecule has 0 radical (unpaired) electrons. The molecule has 0 saturated carbocycles. The second kappa shape index (κ2) is 10.8. The summed E-state index contributed by atoms with van der Waals surface area (Å²) < 4.78 is 4.70. The quantitative estimate of drug-likeness (QED) is 0.190. The first-order chi connectivity index (χ1) is 25.3. The van der Waals surface area contributed by atoms with Gasteiger partial charge in [0.05, 0.1) is 50.5 Å². The third kappa shape index (κ3) is 4.09. The van der Waals surface area contributed by atoms with Crippen molar-refractivity contribution in [2.24, 2.45) is 0 Å². The van der Waals surface area contributed by atoms with Crippen LogP contribution in [0.15, 0.2) is 176 Å². The first-order valence-electron chi connectivity index (χ1n) is 17.3. The summed E-state index contributed by atoms with van der Waals surface area (Å²) in [6.07, 6.45) is 0. The Balaban J connectivity index is 1.25. The van der Waals surface area contributed by atoms with E-state index in [0.29, 0.717) is 5.95 Å². The van der Waals surface area contributed by atoms with Gasteiger partial charge >= 0.3 is 0 Å². The molecule has 0 saturated heterocycles. The van der Waals surface area contributed by atoms with Gasteiger partial charge in [0.25, 0.3) is 0 Å². The normalized spacial score (nSPS) is 12.3. The topological polar surface area (TPSA) is 38.9 Å². The minimum Gasteiger partial charge on any atom is -0.306 e. The fourth-order valence-corrected chi connectivity index (χ4v) is 8.03. The van der Waals surface area contributed by atoms with Crippen molar-refractivity contribution in [3.05, 3.63) is 176 Å². The Kier molecular flexibility index (Phi) is 5.89. The molecule has 0 atom stereocenters. The average Bonchev–Trinajstić information content (AvgIpc) is 3.71. The molecule has 11 rings (SSSR count). The predicted octanol–water partition coefficient (Wildman–Crippen LogP) is 11.8. The van der Waals surface area contributed by atoms with Crippen molar-refractivity contribution in [1.29, 1.82) is 0 Å². The van der Waals surface area contributed by atoms with E-state index in [0.717, 1.165) is 61.8 Å². The molecule has 238 valence electrons. The summed E-state index contributed by atoms with van der Waals surface area (Å²) in [7, 11) is 0. The SMILES string of the molecule is c1ccc(-c2cc(-c3ccccc3)nc(-n3c4ccccc4c4cc5c6cccc7c6n(c5cc43)-c3ccccc3N7c3ccccc3)n2)cc1. The molecule has 0 spiro atoms. The Hall–Kier alpha value is -6.98. The third-order valence-corrected chi connectivity index (χ3v) is 10.2. The molecule has 51 heavy (non-hydrogen) atoms. The molecule has 0 bridgehead atoms. The second-order valence-electron chi connectivity index (χ2n) is 13.1. The highest BCUT2D eigenvalue weighted by Crippen LogP contribution is 2.50. The number of hydrogen-bond acceptors (Lipinski definition) is 3. The van der Waals surface area contributed by atoms with Crippen LogP contribution in [0.2, 0.25) is 0 Å². The Morgan fingerprint density at radius 2 is 0.902 bits per heavy atom. The number of benzene rings is 7. The van der Waals surface area contributed by atoms with E-state index in [1.807, 2.05) is 12.1 Å². The van der Waals surface area contributed by atoms with Gasteiger partial charge in [0.15, 0.2) is 0 Å². The predicted molar refractivity (Wildman–Crippen MR) is 210 cm³/mol. The highest BCUT2D eigenvalue weighted by molar-refractivity contribution is 6.22. The van der Waals surface area contributed by atoms with Gasteiger partial charge in [-0.3, -0.25) is 4.57 Å². The van der Waals surface area contributed by atoms with Crippen LogP contribution in [0.4, 0.5) is 17.1 Å². The lowest BCUT2D eigenvalue weighted by molar-refractivity contribution is 0.995. The van der Waals surface area contributed by atoms with E-state index in [1.165, 1.54) is 27.1 Å². The van der Waals surface area contributed by atoms with Crippen molar-refractivity contribution in [2.45, 2.75) is 0 Å². The van der Waals surface area contributed by atoms with Crippen LogP contribution in [0.1, 0.15) is 0 Å². The van der Waals surface area contributed by atoms with Crippen LogP contribution in [-0.4, -0.2) is 19.1 Å². The van der Waals surface area contributed by atoms with Crippen LogP contribution in [-0.2, 0) is 0 Å². The molecule has 10 aromatic rings. The van der Waals surface area contributed by atoms with Gasteiger partial charge in [-0.2, -0.15) is 0 Å². The lowest BCUT2D eigenvalue weighted by atomic mass is 10.1. The molecule has 3 aromatic heterocycles. The van der Waals surface area contributed by atoms with Crippen LogP contribution >= 0.6 is 0 Å². The van der Waals surface area contributed by atoms with Crippen LogP contribution in [0.5, 0.6) is 0 Å². The summed E-state index contributed by atoms with van der Waals surface area (Å²) in [5.74, 6) is 0.645. The first kappa shape index (κ1) is 27.9. The van der Waals surface area contributed by atoms with Gasteiger partial charge in [-0.05, 0) is 54.6 Å². The molecule has 5 nitrogen and oxygen atoms in total. The molecule has 0 fully saturated rings. The van der Waals surface area contributed by atoms with Crippen LogP contribution in [0, 0.1) is 0 Å². The van der Waals surface area contributed by atoms with Gasteiger partial charge in [-0.1, -0.05) is 121 Å². The maximum atomic E-state index is 5.28. The van der Waals surface area contributed by atoms with Crippen molar-refractivity contribution in [1.82, 2.24) is 19.1 Å². The molecular formula is C46H29N5. The summed E-state index contributed by atoms with van der Waals surface area (Å²) in [5, 5.41) is 4.79. The van der Waals surface area contributed by atoms with Crippen molar-refractivity contribution >= 4 is 60.7 Å². The zero-order valence-electron chi connectivity index (χ0n) is 27.5. The van der Waals surface area contributed by atoms with Crippen molar-refractivity contribution in [3.63, 3.8) is 0 Å². The summed E-state index contributed by atoms with van der Waals surface area (Å²) >= 11 is 0. The minimum atomic E-state index is 0.645. The number of fused-ring (bicyclic) bond motifs is 8. The highest BCUT2D eigenvalue weighted by Gasteiger charge is 2.29. The van der Waals surface area contributed by atoms with Gasteiger partial charge in [0.2, 0.25) is 5.95 Å². The van der Waals surface area contributed by atoms with Crippen molar-refractivity contribution < 1.29 is 0 Å². The number of nitrogens with zero attached hydrogens (tertiary/aromatic N) is 5. The highest BCUT2D eigenvalue weighted by atomic mass is 15.2. The molecule has 0 unspecified atom stereocenters. The second-order valence-corrected chi connectivity index (χ2v) is 13.1. The summed E-state index contributed by atoms with van der Waals surface area (Å²) in [6.45, 7) is 0. The molecule has 4 heterocycles. The standard InChI is InChI=1S/C46H29N5/c1-4-15-30(16-5-1)37-28-38(31-17-6-2-7-18-31)48-46(47-37)51-39-23-11-10-21-33(39)35-27-36-34-22-14-26-42-45(34)50(43(36)29-44(35)51)41-25-13-12-24-40(41)49(42)32-19-8-3-9-20-32/h1-29H. The fraction of sp³-hybridized carbons (Fsp3) is 0. The van der Waals surface area contributed by atoms with E-state index in [4.69, 9.17) is 9.97 Å². The number of hydrogen-bond donors (Lipinski definition) is 0. The van der Waals surface area contributed by atoms with Crippen LogP contribution < -0.4 is 4.90 Å². The number of aromatic nitrogens is 4. The van der Waals surface area contributed by atoms with E-state index in [2.05, 4.69) is 178 Å². The Bertz CT molecular complexity index is 2900. The number of anilines is 3. The maximum Gasteiger partial charge on any atom is 0.235 e. The monoisotopic (exact) mass is 651 g/mol. The van der Waals surface area contributed by atoms with Crippen molar-refractivity contribution in [2.75, 3.05) is 4.90 Å². The summed E-state index contributed by atoms with van der Waals surface area (Å²) in [6, 6.07) is 62.3. The molecular weight excluding hydrogens is 623 g/mol.